The smallest absolute Gasteiger partial charge is 0.227 e. The van der Waals surface area contributed by atoms with Crippen molar-refractivity contribution in [3.8, 4) is 10.4 Å². The number of thiazole rings is 1. The Hall–Kier alpha value is -2.27. The summed E-state index contributed by atoms with van der Waals surface area (Å²) in [4.78, 5) is 14.9. The molecule has 5 heteroatoms. The first-order chi connectivity index (χ1) is 12.7. The molecule has 0 aliphatic heterocycles. The predicted molar refractivity (Wildman–Crippen MR) is 108 cm³/mol. The van der Waals surface area contributed by atoms with E-state index in [4.69, 9.17) is 0 Å². The van der Waals surface area contributed by atoms with Crippen LogP contribution in [0.5, 0.6) is 0 Å². The van der Waals surface area contributed by atoms with Gasteiger partial charge in [-0.1, -0.05) is 25.8 Å². The van der Waals surface area contributed by atoms with Crippen LogP contribution in [0.2, 0.25) is 0 Å². The average Bonchev–Trinajstić information content (AvgIpc) is 3.03. The van der Waals surface area contributed by atoms with Crippen LogP contribution < -0.4 is 5.32 Å². The quantitative estimate of drug-likeness (QED) is 0.594. The first-order valence-electron chi connectivity index (χ1n) is 9.38. The first-order valence-corrected chi connectivity index (χ1v) is 10.2. The number of anilines is 2. The molecule has 26 heavy (non-hydrogen) atoms. The molecular weight excluding hydrogens is 340 g/mol. The number of benzene rings is 1. The molecule has 0 atom stereocenters. The van der Waals surface area contributed by atoms with Crippen molar-refractivity contribution in [3.05, 3.63) is 52.9 Å². The Morgan fingerprint density at radius 2 is 2.08 bits per heavy atom. The largest absolute Gasteiger partial charge is 0.324 e. The van der Waals surface area contributed by atoms with E-state index in [0.29, 0.717) is 11.9 Å². The first kappa shape index (κ1) is 17.2. The molecule has 2 heterocycles. The summed E-state index contributed by atoms with van der Waals surface area (Å²) in [6, 6.07) is 8.50. The van der Waals surface area contributed by atoms with Crippen molar-refractivity contribution in [2.24, 2.45) is 0 Å². The van der Waals surface area contributed by atoms with Crippen LogP contribution in [0.3, 0.4) is 0 Å². The lowest BCUT2D eigenvalue weighted by atomic mass is 9.86. The topological polar surface area (TPSA) is 50.7 Å². The molecule has 1 fully saturated rings. The summed E-state index contributed by atoms with van der Waals surface area (Å²) in [6.07, 6.45) is 9.83. The van der Waals surface area contributed by atoms with Crippen LogP contribution in [0.25, 0.3) is 10.4 Å². The second-order valence-electron chi connectivity index (χ2n) is 7.02. The molecule has 0 spiro atoms. The average molecular weight is 365 g/mol. The van der Waals surface area contributed by atoms with E-state index in [2.05, 4.69) is 52.3 Å². The van der Waals surface area contributed by atoms with E-state index < -0.39 is 0 Å². The molecule has 134 valence electrons. The van der Waals surface area contributed by atoms with Gasteiger partial charge in [-0.15, -0.1) is 11.3 Å². The predicted octanol–water partition coefficient (Wildman–Crippen LogP) is 5.87. The minimum atomic E-state index is 0.659. The molecule has 2 aromatic heterocycles. The van der Waals surface area contributed by atoms with E-state index in [1.165, 1.54) is 40.3 Å². The molecule has 0 radical (unpaired) electrons. The summed E-state index contributed by atoms with van der Waals surface area (Å²) in [6.45, 7) is 4.28. The van der Waals surface area contributed by atoms with Crippen molar-refractivity contribution in [2.45, 2.75) is 51.9 Å². The highest BCUT2D eigenvalue weighted by molar-refractivity contribution is 7.15. The van der Waals surface area contributed by atoms with Crippen LogP contribution in [-0.4, -0.2) is 15.0 Å². The molecule has 1 aliphatic rings. The van der Waals surface area contributed by atoms with Gasteiger partial charge in [-0.2, -0.15) is 0 Å². The van der Waals surface area contributed by atoms with E-state index in [-0.39, 0.29) is 0 Å². The number of hydrogen-bond acceptors (Lipinski definition) is 5. The standard InChI is InChI=1S/C21H24N4S/c1-3-5-17-8-9-22-21(24-17)25-18-11-14(2)10-16(12-18)19-13-23-20(26-19)15-6-4-7-15/h8-13,15H,3-7H2,1-2H3,(H,22,24,25). The normalized spacial score (nSPS) is 14.2. The van der Waals surface area contributed by atoms with Crippen molar-refractivity contribution < 1.29 is 0 Å². The van der Waals surface area contributed by atoms with Crippen LogP contribution in [0.1, 0.15) is 54.8 Å². The lowest BCUT2D eigenvalue weighted by Crippen LogP contribution is -2.07. The maximum absolute atomic E-state index is 4.66. The van der Waals surface area contributed by atoms with Crippen LogP contribution in [0.4, 0.5) is 11.6 Å². The summed E-state index contributed by atoms with van der Waals surface area (Å²) >= 11 is 1.83. The molecule has 4 rings (SSSR count). The monoisotopic (exact) mass is 364 g/mol. The van der Waals surface area contributed by atoms with Gasteiger partial charge in [0.05, 0.1) is 9.88 Å². The zero-order valence-corrected chi connectivity index (χ0v) is 16.1. The van der Waals surface area contributed by atoms with Crippen LogP contribution >= 0.6 is 11.3 Å². The van der Waals surface area contributed by atoms with Gasteiger partial charge in [-0.3, -0.25) is 0 Å². The Balaban J connectivity index is 1.58. The number of nitrogens with one attached hydrogen (secondary N) is 1. The Morgan fingerprint density at radius 3 is 2.85 bits per heavy atom. The lowest BCUT2D eigenvalue weighted by Gasteiger charge is -2.22. The molecular formula is C21H24N4S. The molecule has 1 aromatic carbocycles. The fraction of sp³-hybridized carbons (Fsp3) is 0.381. The van der Waals surface area contributed by atoms with Gasteiger partial charge in [-0.05, 0) is 55.5 Å². The number of rotatable bonds is 6. The van der Waals surface area contributed by atoms with E-state index >= 15 is 0 Å². The third kappa shape index (κ3) is 3.78. The molecule has 4 nitrogen and oxygen atoms in total. The highest BCUT2D eigenvalue weighted by Gasteiger charge is 2.22. The van der Waals surface area contributed by atoms with Gasteiger partial charge in [0, 0.05) is 29.7 Å². The number of nitrogens with zero attached hydrogens (tertiary/aromatic N) is 3. The van der Waals surface area contributed by atoms with Gasteiger partial charge in [0.15, 0.2) is 0 Å². The molecule has 1 N–H and O–H groups in total. The fourth-order valence-electron chi connectivity index (χ4n) is 3.24. The molecule has 1 aliphatic carbocycles. The number of hydrogen-bond donors (Lipinski definition) is 1. The molecule has 0 bridgehead atoms. The summed E-state index contributed by atoms with van der Waals surface area (Å²) in [5, 5.41) is 4.66. The van der Waals surface area contributed by atoms with E-state index in [0.717, 1.165) is 24.2 Å². The van der Waals surface area contributed by atoms with Crippen LogP contribution in [-0.2, 0) is 6.42 Å². The molecule has 0 saturated heterocycles. The summed E-state index contributed by atoms with van der Waals surface area (Å²) in [7, 11) is 0. The van der Waals surface area contributed by atoms with E-state index in [1.807, 2.05) is 29.8 Å². The van der Waals surface area contributed by atoms with Crippen molar-refractivity contribution in [2.75, 3.05) is 5.32 Å². The SMILES string of the molecule is CCCc1ccnc(Nc2cc(C)cc(-c3cnc(C4CCC4)s3)c2)n1. The van der Waals surface area contributed by atoms with Crippen molar-refractivity contribution in [1.29, 1.82) is 0 Å². The Morgan fingerprint density at radius 1 is 1.19 bits per heavy atom. The van der Waals surface area contributed by atoms with Crippen molar-refractivity contribution in [1.82, 2.24) is 15.0 Å². The summed E-state index contributed by atoms with van der Waals surface area (Å²) in [5.74, 6) is 1.35. The third-order valence-corrected chi connectivity index (χ3v) is 6.02. The molecule has 0 unspecified atom stereocenters. The van der Waals surface area contributed by atoms with Crippen molar-refractivity contribution >= 4 is 23.0 Å². The Kier molecular flexibility index (Phi) is 4.98. The highest BCUT2D eigenvalue weighted by Crippen LogP contribution is 2.40. The molecule has 0 amide bonds. The van der Waals surface area contributed by atoms with Crippen LogP contribution in [0.15, 0.2) is 36.7 Å². The fourth-order valence-corrected chi connectivity index (χ4v) is 4.32. The number of aromatic nitrogens is 3. The van der Waals surface area contributed by atoms with Gasteiger partial charge in [0.1, 0.15) is 0 Å². The van der Waals surface area contributed by atoms with Gasteiger partial charge >= 0.3 is 0 Å². The zero-order valence-electron chi connectivity index (χ0n) is 15.3. The highest BCUT2D eigenvalue weighted by atomic mass is 32.1. The minimum absolute atomic E-state index is 0.659. The zero-order chi connectivity index (χ0) is 17.9. The maximum Gasteiger partial charge on any atom is 0.227 e. The minimum Gasteiger partial charge on any atom is -0.324 e. The van der Waals surface area contributed by atoms with Gasteiger partial charge in [0.25, 0.3) is 0 Å². The second-order valence-corrected chi connectivity index (χ2v) is 8.09. The van der Waals surface area contributed by atoms with E-state index in [1.54, 1.807) is 0 Å². The van der Waals surface area contributed by atoms with Gasteiger partial charge in [0.2, 0.25) is 5.95 Å². The van der Waals surface area contributed by atoms with Crippen LogP contribution in [0, 0.1) is 6.92 Å². The van der Waals surface area contributed by atoms with Crippen molar-refractivity contribution in [3.63, 3.8) is 0 Å². The molecule has 1 saturated carbocycles. The van der Waals surface area contributed by atoms with Gasteiger partial charge < -0.3 is 5.32 Å². The maximum atomic E-state index is 4.66. The summed E-state index contributed by atoms with van der Waals surface area (Å²) < 4.78 is 0. The van der Waals surface area contributed by atoms with Gasteiger partial charge in [-0.25, -0.2) is 15.0 Å². The lowest BCUT2D eigenvalue weighted by molar-refractivity contribution is 0.418. The Bertz CT molecular complexity index is 899. The molecule has 3 aromatic rings. The van der Waals surface area contributed by atoms with E-state index in [9.17, 15) is 0 Å². The Labute approximate surface area is 158 Å². The third-order valence-electron chi connectivity index (χ3n) is 4.82. The summed E-state index contributed by atoms with van der Waals surface area (Å²) in [5.41, 5.74) is 4.52. The second kappa shape index (κ2) is 7.54. The number of aryl methyl sites for hydroxylation is 2.